The number of hydrogen-bond donors (Lipinski definition) is 1. The van der Waals surface area contributed by atoms with Crippen LogP contribution in [-0.4, -0.2) is 32.1 Å². The molecule has 154 valence electrons. The molecule has 0 aliphatic rings. The van der Waals surface area contributed by atoms with Crippen molar-refractivity contribution in [2.24, 2.45) is 0 Å². The van der Waals surface area contributed by atoms with E-state index < -0.39 is 12.0 Å². The lowest BCUT2D eigenvalue weighted by atomic mass is 10.2. The van der Waals surface area contributed by atoms with Gasteiger partial charge in [0.1, 0.15) is 5.75 Å². The van der Waals surface area contributed by atoms with Crippen molar-refractivity contribution in [1.29, 1.82) is 0 Å². The third-order valence-electron chi connectivity index (χ3n) is 4.41. The van der Waals surface area contributed by atoms with E-state index in [1.165, 1.54) is 4.68 Å². The molecule has 2 aromatic carbocycles. The van der Waals surface area contributed by atoms with E-state index in [-0.39, 0.29) is 30.1 Å². The first kappa shape index (κ1) is 19.6. The lowest BCUT2D eigenvalue weighted by Gasteiger charge is -2.11. The summed E-state index contributed by atoms with van der Waals surface area (Å²) < 4.78 is 46.6. The van der Waals surface area contributed by atoms with E-state index in [1.54, 1.807) is 31.4 Å². The van der Waals surface area contributed by atoms with Gasteiger partial charge in [-0.3, -0.25) is 0 Å². The third kappa shape index (κ3) is 4.17. The number of ether oxygens (including phenoxy) is 1. The number of nitrogens with zero attached hydrogens (tertiary/aromatic N) is 5. The summed E-state index contributed by atoms with van der Waals surface area (Å²) >= 11 is 0. The number of aromatic nitrogens is 5. The maximum absolute atomic E-state index is 13.4. The SMILES string of the molecule is COc1ccc(CNc2nc(C(F)(F)F)nc3c2nnn3Cc2ccccc2)cc1. The fourth-order valence-corrected chi connectivity index (χ4v) is 2.90. The van der Waals surface area contributed by atoms with Crippen LogP contribution in [0.5, 0.6) is 5.75 Å². The Balaban J connectivity index is 1.68. The molecule has 4 rings (SSSR count). The molecule has 2 aromatic heterocycles. The molecule has 0 atom stereocenters. The number of methoxy groups -OCH3 is 1. The Morgan fingerprint density at radius 1 is 0.967 bits per heavy atom. The molecule has 2 heterocycles. The van der Waals surface area contributed by atoms with Crippen molar-refractivity contribution in [3.63, 3.8) is 0 Å². The minimum Gasteiger partial charge on any atom is -0.497 e. The predicted molar refractivity (Wildman–Crippen MR) is 104 cm³/mol. The molecule has 0 amide bonds. The Morgan fingerprint density at radius 3 is 2.37 bits per heavy atom. The first-order valence-corrected chi connectivity index (χ1v) is 9.03. The number of benzene rings is 2. The van der Waals surface area contributed by atoms with Gasteiger partial charge in [-0.05, 0) is 23.3 Å². The van der Waals surface area contributed by atoms with Crippen molar-refractivity contribution in [3.05, 3.63) is 71.5 Å². The van der Waals surface area contributed by atoms with Crippen LogP contribution in [0, 0.1) is 0 Å². The predicted octanol–water partition coefficient (Wildman–Crippen LogP) is 3.91. The molecule has 7 nitrogen and oxygen atoms in total. The fourth-order valence-electron chi connectivity index (χ4n) is 2.90. The highest BCUT2D eigenvalue weighted by Crippen LogP contribution is 2.30. The van der Waals surface area contributed by atoms with Gasteiger partial charge in [0.05, 0.1) is 13.7 Å². The molecular formula is C20H17F3N6O. The molecule has 0 spiro atoms. The second-order valence-electron chi connectivity index (χ2n) is 6.50. The number of halogens is 3. The van der Waals surface area contributed by atoms with Crippen LogP contribution in [0.3, 0.4) is 0 Å². The summed E-state index contributed by atoms with van der Waals surface area (Å²) in [6.07, 6.45) is -4.70. The smallest absolute Gasteiger partial charge is 0.451 e. The van der Waals surface area contributed by atoms with Gasteiger partial charge in [0.25, 0.3) is 0 Å². The van der Waals surface area contributed by atoms with E-state index in [0.717, 1.165) is 11.1 Å². The maximum Gasteiger partial charge on any atom is 0.451 e. The van der Waals surface area contributed by atoms with E-state index in [9.17, 15) is 13.2 Å². The van der Waals surface area contributed by atoms with Crippen LogP contribution in [0.1, 0.15) is 17.0 Å². The van der Waals surface area contributed by atoms with E-state index in [1.807, 2.05) is 30.3 Å². The first-order chi connectivity index (χ1) is 14.4. The van der Waals surface area contributed by atoms with Gasteiger partial charge in [0, 0.05) is 6.54 Å². The molecule has 1 N–H and O–H groups in total. The number of fused-ring (bicyclic) bond motifs is 1. The monoisotopic (exact) mass is 414 g/mol. The van der Waals surface area contributed by atoms with Crippen LogP contribution in [0.15, 0.2) is 54.6 Å². The van der Waals surface area contributed by atoms with Gasteiger partial charge >= 0.3 is 6.18 Å². The molecule has 0 unspecified atom stereocenters. The number of hydrogen-bond acceptors (Lipinski definition) is 6. The molecule has 0 aliphatic carbocycles. The summed E-state index contributed by atoms with van der Waals surface area (Å²) in [6.45, 7) is 0.489. The van der Waals surface area contributed by atoms with Crippen LogP contribution in [-0.2, 0) is 19.3 Å². The van der Waals surface area contributed by atoms with Crippen molar-refractivity contribution in [3.8, 4) is 5.75 Å². The minimum atomic E-state index is -4.70. The summed E-state index contributed by atoms with van der Waals surface area (Å²) in [5, 5.41) is 10.9. The number of alkyl halides is 3. The average molecular weight is 414 g/mol. The van der Waals surface area contributed by atoms with Gasteiger partial charge in [0.15, 0.2) is 17.0 Å². The van der Waals surface area contributed by atoms with Gasteiger partial charge in [0.2, 0.25) is 5.82 Å². The molecule has 0 aliphatic heterocycles. The second kappa shape index (κ2) is 7.97. The Hall–Kier alpha value is -3.69. The van der Waals surface area contributed by atoms with Gasteiger partial charge in [-0.2, -0.15) is 13.2 Å². The zero-order valence-electron chi connectivity index (χ0n) is 15.9. The summed E-state index contributed by atoms with van der Waals surface area (Å²) in [5.41, 5.74) is 1.89. The fraction of sp³-hybridized carbons (Fsp3) is 0.200. The lowest BCUT2D eigenvalue weighted by molar-refractivity contribution is -0.144. The molecule has 30 heavy (non-hydrogen) atoms. The van der Waals surface area contributed by atoms with Crippen LogP contribution in [0.25, 0.3) is 11.2 Å². The first-order valence-electron chi connectivity index (χ1n) is 9.03. The van der Waals surface area contributed by atoms with Crippen LogP contribution in [0.2, 0.25) is 0 Å². The zero-order chi connectivity index (χ0) is 21.1. The molecular weight excluding hydrogens is 397 g/mol. The Morgan fingerprint density at radius 2 is 1.70 bits per heavy atom. The number of nitrogens with one attached hydrogen (secondary N) is 1. The molecule has 0 radical (unpaired) electrons. The van der Waals surface area contributed by atoms with Crippen molar-refractivity contribution < 1.29 is 17.9 Å². The summed E-state index contributed by atoms with van der Waals surface area (Å²) in [6, 6.07) is 16.4. The quantitative estimate of drug-likeness (QED) is 0.516. The Bertz CT molecular complexity index is 1140. The highest BCUT2D eigenvalue weighted by molar-refractivity contribution is 5.82. The second-order valence-corrected chi connectivity index (χ2v) is 6.50. The summed E-state index contributed by atoms with van der Waals surface area (Å²) in [7, 11) is 1.56. The van der Waals surface area contributed by atoms with Crippen LogP contribution >= 0.6 is 0 Å². The minimum absolute atomic E-state index is 0.0124. The molecule has 0 bridgehead atoms. The van der Waals surface area contributed by atoms with E-state index >= 15 is 0 Å². The van der Waals surface area contributed by atoms with Crippen molar-refractivity contribution in [1.82, 2.24) is 25.0 Å². The third-order valence-corrected chi connectivity index (χ3v) is 4.41. The zero-order valence-corrected chi connectivity index (χ0v) is 15.9. The van der Waals surface area contributed by atoms with Crippen molar-refractivity contribution >= 4 is 17.0 Å². The van der Waals surface area contributed by atoms with E-state index in [0.29, 0.717) is 5.75 Å². The van der Waals surface area contributed by atoms with Gasteiger partial charge in [-0.1, -0.05) is 47.7 Å². The molecule has 0 saturated heterocycles. The standard InChI is InChI=1S/C20H17F3N6O/c1-30-15-9-7-13(8-10-15)11-24-17-16-18(26-19(25-17)20(21,22)23)29(28-27-16)12-14-5-3-2-4-6-14/h2-10H,11-12H2,1H3,(H,24,25,26). The Kier molecular flexibility index (Phi) is 5.21. The molecule has 10 heteroatoms. The van der Waals surface area contributed by atoms with Crippen LogP contribution < -0.4 is 10.1 Å². The Labute approximate surface area is 169 Å². The maximum atomic E-state index is 13.4. The van der Waals surface area contributed by atoms with E-state index in [4.69, 9.17) is 4.74 Å². The lowest BCUT2D eigenvalue weighted by Crippen LogP contribution is -2.15. The average Bonchev–Trinajstić information content (AvgIpc) is 3.15. The number of rotatable bonds is 6. The van der Waals surface area contributed by atoms with E-state index in [2.05, 4.69) is 25.6 Å². The number of anilines is 1. The van der Waals surface area contributed by atoms with Crippen molar-refractivity contribution in [2.75, 3.05) is 12.4 Å². The highest BCUT2D eigenvalue weighted by atomic mass is 19.4. The molecule has 0 fully saturated rings. The highest BCUT2D eigenvalue weighted by Gasteiger charge is 2.36. The van der Waals surface area contributed by atoms with Gasteiger partial charge < -0.3 is 10.1 Å². The normalized spacial score (nSPS) is 11.6. The topological polar surface area (TPSA) is 77.8 Å². The van der Waals surface area contributed by atoms with Gasteiger partial charge in [-0.25, -0.2) is 14.6 Å². The van der Waals surface area contributed by atoms with Gasteiger partial charge in [-0.15, -0.1) is 5.10 Å². The largest absolute Gasteiger partial charge is 0.497 e. The summed E-state index contributed by atoms with van der Waals surface area (Å²) in [5.74, 6) is -0.585. The molecule has 0 saturated carbocycles. The molecule has 4 aromatic rings. The van der Waals surface area contributed by atoms with Crippen molar-refractivity contribution in [2.45, 2.75) is 19.3 Å². The summed E-state index contributed by atoms with van der Waals surface area (Å²) in [4.78, 5) is 7.34. The van der Waals surface area contributed by atoms with Crippen LogP contribution in [0.4, 0.5) is 19.0 Å².